The highest BCUT2D eigenvalue weighted by Crippen LogP contribution is 2.32. The highest BCUT2D eigenvalue weighted by Gasteiger charge is 2.24. The minimum absolute atomic E-state index is 0.457. The van der Waals surface area contributed by atoms with Crippen molar-refractivity contribution in [1.82, 2.24) is 5.32 Å². The van der Waals surface area contributed by atoms with Crippen LogP contribution in [0.4, 0.5) is 0 Å². The van der Waals surface area contributed by atoms with Crippen molar-refractivity contribution < 1.29 is 4.42 Å². The fraction of sp³-hybridized carbons (Fsp3) is 0.556. The van der Waals surface area contributed by atoms with E-state index in [9.17, 15) is 0 Å². The van der Waals surface area contributed by atoms with Crippen LogP contribution in [0.2, 0.25) is 0 Å². The molecule has 1 heterocycles. The molecule has 1 atom stereocenters. The van der Waals surface area contributed by atoms with E-state index in [2.05, 4.69) is 11.4 Å². The Labute approximate surface area is 66.6 Å². The molecular formula is C9H13NO. The number of rotatable bonds is 1. The zero-order valence-corrected chi connectivity index (χ0v) is 6.98. The summed E-state index contributed by atoms with van der Waals surface area (Å²) in [5.74, 6) is 2.19. The van der Waals surface area contributed by atoms with Gasteiger partial charge in [-0.3, -0.25) is 0 Å². The zero-order chi connectivity index (χ0) is 7.84. The smallest absolute Gasteiger partial charge is 0.124 e. The molecule has 0 aromatic carbocycles. The van der Waals surface area contributed by atoms with E-state index >= 15 is 0 Å². The van der Waals surface area contributed by atoms with Gasteiger partial charge in [-0.15, -0.1) is 0 Å². The lowest BCUT2D eigenvalue weighted by atomic mass is 10.2. The maximum Gasteiger partial charge on any atom is 0.124 e. The van der Waals surface area contributed by atoms with Gasteiger partial charge in [0.2, 0.25) is 0 Å². The first-order valence-corrected chi connectivity index (χ1v) is 4.07. The van der Waals surface area contributed by atoms with Crippen molar-refractivity contribution >= 4 is 0 Å². The first kappa shape index (κ1) is 6.92. The minimum Gasteiger partial charge on any atom is -0.464 e. The van der Waals surface area contributed by atoms with Crippen molar-refractivity contribution in [2.24, 2.45) is 0 Å². The molecule has 1 unspecified atom stereocenters. The number of aryl methyl sites for hydroxylation is 2. The Hall–Kier alpha value is -0.760. The van der Waals surface area contributed by atoms with E-state index in [-0.39, 0.29) is 0 Å². The summed E-state index contributed by atoms with van der Waals surface area (Å²) >= 11 is 0. The third-order valence-electron chi connectivity index (χ3n) is 2.33. The largest absolute Gasteiger partial charge is 0.464 e. The van der Waals surface area contributed by atoms with Gasteiger partial charge in [-0.05, 0) is 38.4 Å². The van der Waals surface area contributed by atoms with E-state index < -0.39 is 0 Å². The van der Waals surface area contributed by atoms with Crippen molar-refractivity contribution in [3.63, 3.8) is 0 Å². The van der Waals surface area contributed by atoms with Gasteiger partial charge >= 0.3 is 0 Å². The molecule has 0 radical (unpaired) electrons. The zero-order valence-electron chi connectivity index (χ0n) is 6.98. The van der Waals surface area contributed by atoms with Crippen LogP contribution in [-0.4, -0.2) is 7.05 Å². The number of nitrogens with one attached hydrogen (secondary N) is 1. The van der Waals surface area contributed by atoms with Crippen LogP contribution in [0, 0.1) is 6.92 Å². The summed E-state index contributed by atoms with van der Waals surface area (Å²) in [6.07, 6.45) is 2.35. The van der Waals surface area contributed by atoms with Crippen molar-refractivity contribution in [3.05, 3.63) is 23.2 Å². The molecule has 1 aliphatic rings. The normalized spacial score (nSPS) is 22.2. The predicted molar refractivity (Wildman–Crippen MR) is 43.6 cm³/mol. The van der Waals surface area contributed by atoms with E-state index in [4.69, 9.17) is 4.42 Å². The third-order valence-corrected chi connectivity index (χ3v) is 2.33. The lowest BCUT2D eigenvalue weighted by molar-refractivity contribution is 0.423. The first-order chi connectivity index (χ1) is 5.31. The molecule has 1 N–H and O–H groups in total. The van der Waals surface area contributed by atoms with Gasteiger partial charge in [0.05, 0.1) is 6.04 Å². The summed E-state index contributed by atoms with van der Waals surface area (Å²) in [4.78, 5) is 0. The fourth-order valence-corrected chi connectivity index (χ4v) is 1.78. The van der Waals surface area contributed by atoms with E-state index in [1.54, 1.807) is 0 Å². The van der Waals surface area contributed by atoms with Crippen molar-refractivity contribution in [1.29, 1.82) is 0 Å². The number of hydrogen-bond donors (Lipinski definition) is 1. The van der Waals surface area contributed by atoms with Gasteiger partial charge in [-0.1, -0.05) is 0 Å². The molecule has 60 valence electrons. The van der Waals surface area contributed by atoms with Crippen LogP contribution in [0.15, 0.2) is 10.5 Å². The second-order valence-corrected chi connectivity index (χ2v) is 3.13. The van der Waals surface area contributed by atoms with Gasteiger partial charge in [0, 0.05) is 0 Å². The second kappa shape index (κ2) is 2.38. The van der Waals surface area contributed by atoms with Gasteiger partial charge in [0.25, 0.3) is 0 Å². The lowest BCUT2D eigenvalue weighted by Crippen LogP contribution is -2.12. The summed E-state index contributed by atoms with van der Waals surface area (Å²) in [5, 5.41) is 3.24. The van der Waals surface area contributed by atoms with Crippen LogP contribution in [0.1, 0.15) is 29.5 Å². The Morgan fingerprint density at radius 2 is 2.45 bits per heavy atom. The summed E-state index contributed by atoms with van der Waals surface area (Å²) < 4.78 is 5.57. The predicted octanol–water partition coefficient (Wildman–Crippen LogP) is 1.79. The molecule has 1 aliphatic carbocycles. The molecule has 1 aromatic rings. The van der Waals surface area contributed by atoms with Crippen molar-refractivity contribution in [2.45, 2.75) is 25.8 Å². The van der Waals surface area contributed by atoms with Crippen molar-refractivity contribution in [2.75, 3.05) is 7.05 Å². The van der Waals surface area contributed by atoms with Crippen LogP contribution in [0.3, 0.4) is 0 Å². The molecule has 0 aliphatic heterocycles. The molecule has 2 rings (SSSR count). The van der Waals surface area contributed by atoms with Crippen LogP contribution in [0.5, 0.6) is 0 Å². The van der Waals surface area contributed by atoms with E-state index in [0.29, 0.717) is 6.04 Å². The maximum atomic E-state index is 5.57. The molecule has 0 amide bonds. The average Bonchev–Trinajstić information content (AvgIpc) is 2.45. The fourth-order valence-electron chi connectivity index (χ4n) is 1.78. The number of hydrogen-bond acceptors (Lipinski definition) is 2. The maximum absolute atomic E-state index is 5.57. The molecule has 1 aromatic heterocycles. The summed E-state index contributed by atoms with van der Waals surface area (Å²) in [5.41, 5.74) is 1.39. The van der Waals surface area contributed by atoms with Crippen LogP contribution < -0.4 is 5.32 Å². The van der Waals surface area contributed by atoms with Gasteiger partial charge in [-0.2, -0.15) is 0 Å². The van der Waals surface area contributed by atoms with E-state index in [1.807, 2.05) is 14.0 Å². The monoisotopic (exact) mass is 151 g/mol. The van der Waals surface area contributed by atoms with Crippen LogP contribution in [-0.2, 0) is 6.42 Å². The number of fused-ring (bicyclic) bond motifs is 1. The van der Waals surface area contributed by atoms with Gasteiger partial charge in [0.1, 0.15) is 11.5 Å². The van der Waals surface area contributed by atoms with Crippen LogP contribution in [0.25, 0.3) is 0 Å². The molecule has 0 saturated carbocycles. The highest BCUT2D eigenvalue weighted by atomic mass is 16.3. The van der Waals surface area contributed by atoms with Gasteiger partial charge in [0.15, 0.2) is 0 Å². The molecule has 0 saturated heterocycles. The number of furan rings is 1. The summed E-state index contributed by atoms with van der Waals surface area (Å²) in [6.45, 7) is 2.00. The quantitative estimate of drug-likeness (QED) is 0.662. The highest BCUT2D eigenvalue weighted by molar-refractivity contribution is 5.28. The Morgan fingerprint density at radius 3 is 3.18 bits per heavy atom. The van der Waals surface area contributed by atoms with Crippen molar-refractivity contribution in [3.8, 4) is 0 Å². The lowest BCUT2D eigenvalue weighted by Gasteiger charge is -2.05. The molecule has 11 heavy (non-hydrogen) atoms. The van der Waals surface area contributed by atoms with Gasteiger partial charge in [-0.25, -0.2) is 0 Å². The molecule has 0 spiro atoms. The second-order valence-electron chi connectivity index (χ2n) is 3.13. The Morgan fingerprint density at radius 1 is 1.64 bits per heavy atom. The Balaban J connectivity index is 2.37. The minimum atomic E-state index is 0.457. The van der Waals surface area contributed by atoms with Gasteiger partial charge < -0.3 is 9.73 Å². The summed E-state index contributed by atoms with van der Waals surface area (Å²) in [7, 11) is 1.98. The molecule has 2 nitrogen and oxygen atoms in total. The molecule has 0 bridgehead atoms. The van der Waals surface area contributed by atoms with E-state index in [1.165, 1.54) is 12.0 Å². The topological polar surface area (TPSA) is 25.2 Å². The Bertz CT molecular complexity index is 265. The standard InChI is InChI=1S/C9H13NO/c1-6-5-7-3-4-8(10-2)9(7)11-6/h5,8,10H,3-4H2,1-2H3. The van der Waals surface area contributed by atoms with Crippen LogP contribution >= 0.6 is 0 Å². The SMILES string of the molecule is CNC1CCc2cc(C)oc21. The summed E-state index contributed by atoms with van der Waals surface area (Å²) in [6, 6.07) is 2.60. The first-order valence-electron chi connectivity index (χ1n) is 4.07. The third kappa shape index (κ3) is 0.979. The average molecular weight is 151 g/mol. The van der Waals surface area contributed by atoms with E-state index in [0.717, 1.165) is 17.9 Å². The molecule has 0 fully saturated rings. The molecule has 2 heteroatoms. The molecular weight excluding hydrogens is 138 g/mol. The Kier molecular flexibility index (Phi) is 1.50.